The Labute approximate surface area is 130 Å². The normalized spacial score (nSPS) is 12.0. The molecule has 4 heteroatoms. The Hall–Kier alpha value is -2.36. The number of hydrogen-bond acceptors (Lipinski definition) is 4. The number of aromatic hydroxyl groups is 2. The predicted molar refractivity (Wildman–Crippen MR) is 86.2 cm³/mol. The molecule has 0 unspecified atom stereocenters. The Morgan fingerprint density at radius 1 is 1.00 bits per heavy atom. The average Bonchev–Trinajstić information content (AvgIpc) is 2.51. The quantitative estimate of drug-likeness (QED) is 0.882. The van der Waals surface area contributed by atoms with E-state index in [1.165, 1.54) is 14.2 Å². The molecular formula is C18H22O4. The third-order valence-electron chi connectivity index (χ3n) is 3.87. The van der Waals surface area contributed by atoms with Gasteiger partial charge in [0.15, 0.2) is 11.5 Å². The summed E-state index contributed by atoms with van der Waals surface area (Å²) in [4.78, 5) is 0. The lowest BCUT2D eigenvalue weighted by molar-refractivity contribution is 0.338. The van der Waals surface area contributed by atoms with Crippen LogP contribution in [0.3, 0.4) is 0 Å². The molecule has 0 spiro atoms. The van der Waals surface area contributed by atoms with Gasteiger partial charge in [0, 0.05) is 0 Å². The van der Waals surface area contributed by atoms with Crippen molar-refractivity contribution in [1.29, 1.82) is 0 Å². The van der Waals surface area contributed by atoms with Gasteiger partial charge in [0.25, 0.3) is 0 Å². The lowest BCUT2D eigenvalue weighted by atomic mass is 9.92. The van der Waals surface area contributed by atoms with Crippen molar-refractivity contribution in [2.75, 3.05) is 14.2 Å². The van der Waals surface area contributed by atoms with Gasteiger partial charge in [-0.15, -0.1) is 0 Å². The van der Waals surface area contributed by atoms with E-state index in [-0.39, 0.29) is 11.7 Å². The molecule has 118 valence electrons. The van der Waals surface area contributed by atoms with Crippen LogP contribution in [0, 0.1) is 6.92 Å². The number of aryl methyl sites for hydroxylation is 1. The number of ether oxygens (including phenoxy) is 2. The summed E-state index contributed by atoms with van der Waals surface area (Å²) in [5.41, 5.74) is 3.04. The molecule has 0 radical (unpaired) electrons. The van der Waals surface area contributed by atoms with Crippen LogP contribution in [0.15, 0.2) is 30.3 Å². The van der Waals surface area contributed by atoms with E-state index in [0.29, 0.717) is 17.2 Å². The molecular weight excluding hydrogens is 280 g/mol. The van der Waals surface area contributed by atoms with Crippen molar-refractivity contribution in [2.45, 2.75) is 26.2 Å². The van der Waals surface area contributed by atoms with Crippen molar-refractivity contribution in [2.24, 2.45) is 0 Å². The van der Waals surface area contributed by atoms with Crippen molar-refractivity contribution in [3.63, 3.8) is 0 Å². The van der Waals surface area contributed by atoms with Crippen LogP contribution in [0.25, 0.3) is 0 Å². The number of phenols is 2. The Balaban J connectivity index is 2.28. The minimum atomic E-state index is 0.0152. The Bertz CT molecular complexity index is 639. The SMILES string of the molecule is COc1cc([C@@H](C)Cc2ccc(O)c(C)c2)cc(OC)c1O. The minimum Gasteiger partial charge on any atom is -0.508 e. The highest BCUT2D eigenvalue weighted by Gasteiger charge is 2.15. The lowest BCUT2D eigenvalue weighted by Crippen LogP contribution is -2.01. The second-order valence-corrected chi connectivity index (χ2v) is 5.50. The zero-order valence-corrected chi connectivity index (χ0v) is 13.4. The summed E-state index contributed by atoms with van der Waals surface area (Å²) >= 11 is 0. The Kier molecular flexibility index (Phi) is 4.81. The van der Waals surface area contributed by atoms with Crippen molar-refractivity contribution >= 4 is 0 Å². The molecule has 0 amide bonds. The van der Waals surface area contributed by atoms with Gasteiger partial charge in [0.2, 0.25) is 5.75 Å². The van der Waals surface area contributed by atoms with Crippen LogP contribution < -0.4 is 9.47 Å². The predicted octanol–water partition coefficient (Wildman–Crippen LogP) is 3.77. The zero-order valence-electron chi connectivity index (χ0n) is 13.4. The summed E-state index contributed by atoms with van der Waals surface area (Å²) in [6, 6.07) is 9.29. The molecule has 0 aliphatic carbocycles. The van der Waals surface area contributed by atoms with Gasteiger partial charge in [-0.25, -0.2) is 0 Å². The van der Waals surface area contributed by atoms with Gasteiger partial charge in [-0.1, -0.05) is 19.1 Å². The molecule has 2 aromatic carbocycles. The zero-order chi connectivity index (χ0) is 16.3. The van der Waals surface area contributed by atoms with Gasteiger partial charge < -0.3 is 19.7 Å². The maximum atomic E-state index is 9.97. The number of methoxy groups -OCH3 is 2. The van der Waals surface area contributed by atoms with Crippen LogP contribution in [0.5, 0.6) is 23.0 Å². The van der Waals surface area contributed by atoms with Gasteiger partial charge >= 0.3 is 0 Å². The summed E-state index contributed by atoms with van der Waals surface area (Å²) in [5, 5.41) is 19.6. The number of benzene rings is 2. The summed E-state index contributed by atoms with van der Waals surface area (Å²) in [7, 11) is 3.04. The molecule has 2 rings (SSSR count). The maximum Gasteiger partial charge on any atom is 0.200 e. The fourth-order valence-electron chi connectivity index (χ4n) is 2.51. The highest BCUT2D eigenvalue weighted by molar-refractivity contribution is 5.53. The topological polar surface area (TPSA) is 58.9 Å². The largest absolute Gasteiger partial charge is 0.508 e. The molecule has 1 atom stereocenters. The number of hydrogen-bond donors (Lipinski definition) is 2. The fraction of sp³-hybridized carbons (Fsp3) is 0.333. The standard InChI is InChI=1S/C18H22O4/c1-11(7-13-5-6-15(19)12(2)8-13)14-9-16(21-3)18(20)17(10-14)22-4/h5-6,8-11,19-20H,7H2,1-4H3/t11-/m0/s1. The first-order valence-corrected chi connectivity index (χ1v) is 7.19. The van der Waals surface area contributed by atoms with Gasteiger partial charge in [-0.2, -0.15) is 0 Å². The van der Waals surface area contributed by atoms with Crippen LogP contribution >= 0.6 is 0 Å². The fourth-order valence-corrected chi connectivity index (χ4v) is 2.51. The van der Waals surface area contributed by atoms with Crippen LogP contribution in [0.2, 0.25) is 0 Å². The molecule has 0 aliphatic heterocycles. The molecule has 22 heavy (non-hydrogen) atoms. The molecule has 0 saturated heterocycles. The van der Waals surface area contributed by atoms with Crippen LogP contribution in [-0.4, -0.2) is 24.4 Å². The summed E-state index contributed by atoms with van der Waals surface area (Å²) < 4.78 is 10.4. The first-order valence-electron chi connectivity index (χ1n) is 7.19. The molecule has 0 heterocycles. The van der Waals surface area contributed by atoms with E-state index in [9.17, 15) is 10.2 Å². The van der Waals surface area contributed by atoms with Crippen molar-refractivity contribution in [3.05, 3.63) is 47.0 Å². The minimum absolute atomic E-state index is 0.0152. The van der Waals surface area contributed by atoms with Gasteiger partial charge in [0.05, 0.1) is 14.2 Å². The van der Waals surface area contributed by atoms with Gasteiger partial charge in [-0.3, -0.25) is 0 Å². The smallest absolute Gasteiger partial charge is 0.200 e. The maximum absolute atomic E-state index is 9.97. The number of rotatable bonds is 5. The Morgan fingerprint density at radius 2 is 1.59 bits per heavy atom. The molecule has 0 saturated carbocycles. The van der Waals surface area contributed by atoms with E-state index in [1.54, 1.807) is 6.07 Å². The first-order chi connectivity index (χ1) is 10.5. The van der Waals surface area contributed by atoms with E-state index in [0.717, 1.165) is 23.1 Å². The highest BCUT2D eigenvalue weighted by atomic mass is 16.5. The highest BCUT2D eigenvalue weighted by Crippen LogP contribution is 2.39. The molecule has 4 nitrogen and oxygen atoms in total. The van der Waals surface area contributed by atoms with Gasteiger partial charge in [0.1, 0.15) is 5.75 Å². The summed E-state index contributed by atoms with van der Waals surface area (Å²) in [6.45, 7) is 3.99. The van der Waals surface area contributed by atoms with Crippen molar-refractivity contribution < 1.29 is 19.7 Å². The van der Waals surface area contributed by atoms with Gasteiger partial charge in [-0.05, 0) is 54.2 Å². The van der Waals surface area contributed by atoms with E-state index < -0.39 is 0 Å². The molecule has 0 fully saturated rings. The molecule has 0 aromatic heterocycles. The molecule has 0 bridgehead atoms. The van der Waals surface area contributed by atoms with Crippen molar-refractivity contribution in [3.8, 4) is 23.0 Å². The molecule has 0 aliphatic rings. The van der Waals surface area contributed by atoms with E-state index in [1.807, 2.05) is 31.2 Å². The third kappa shape index (κ3) is 3.27. The van der Waals surface area contributed by atoms with Crippen LogP contribution in [0.4, 0.5) is 0 Å². The molecule has 2 aromatic rings. The van der Waals surface area contributed by atoms with E-state index in [2.05, 4.69) is 6.92 Å². The van der Waals surface area contributed by atoms with Crippen LogP contribution in [-0.2, 0) is 6.42 Å². The summed E-state index contributed by atoms with van der Waals surface area (Å²) in [5.74, 6) is 1.35. The van der Waals surface area contributed by atoms with Crippen LogP contribution in [0.1, 0.15) is 29.5 Å². The van der Waals surface area contributed by atoms with E-state index in [4.69, 9.17) is 9.47 Å². The second-order valence-electron chi connectivity index (χ2n) is 5.50. The number of phenolic OH excluding ortho intramolecular Hbond substituents is 2. The first kappa shape index (κ1) is 16.0. The average molecular weight is 302 g/mol. The van der Waals surface area contributed by atoms with Crippen molar-refractivity contribution in [1.82, 2.24) is 0 Å². The van der Waals surface area contributed by atoms with E-state index >= 15 is 0 Å². The monoisotopic (exact) mass is 302 g/mol. The summed E-state index contributed by atoms with van der Waals surface area (Å²) in [6.07, 6.45) is 0.818. The third-order valence-corrected chi connectivity index (χ3v) is 3.87. The second kappa shape index (κ2) is 6.60. The Morgan fingerprint density at radius 3 is 2.09 bits per heavy atom. The lowest BCUT2D eigenvalue weighted by Gasteiger charge is -2.16. The molecule has 2 N–H and O–H groups in total.